The second kappa shape index (κ2) is 8.84. The summed E-state index contributed by atoms with van der Waals surface area (Å²) >= 11 is 0. The van der Waals surface area contributed by atoms with Gasteiger partial charge in [0, 0.05) is 38.9 Å². The summed E-state index contributed by atoms with van der Waals surface area (Å²) in [5.41, 5.74) is 0.998. The summed E-state index contributed by atoms with van der Waals surface area (Å²) in [5.74, 6) is -0.549. The van der Waals surface area contributed by atoms with Crippen LogP contribution in [0.15, 0.2) is 52.6 Å². The number of hydrogen-bond acceptors (Lipinski definition) is 6. The molecule has 1 saturated heterocycles. The number of alkyl halides is 3. The molecule has 10 heteroatoms. The lowest BCUT2D eigenvalue weighted by Gasteiger charge is -2.37. The van der Waals surface area contributed by atoms with Gasteiger partial charge in [0.1, 0.15) is 12.1 Å². The van der Waals surface area contributed by atoms with Crippen LogP contribution in [0.25, 0.3) is 0 Å². The van der Waals surface area contributed by atoms with Crippen LogP contribution in [0.5, 0.6) is 0 Å². The smallest absolute Gasteiger partial charge is 0.367 e. The fourth-order valence-electron chi connectivity index (χ4n) is 3.56. The van der Waals surface area contributed by atoms with Crippen LogP contribution in [0.1, 0.15) is 11.3 Å². The van der Waals surface area contributed by atoms with Crippen molar-refractivity contribution in [1.29, 1.82) is 0 Å². The van der Waals surface area contributed by atoms with Gasteiger partial charge in [-0.2, -0.15) is 13.2 Å². The van der Waals surface area contributed by atoms with Crippen molar-refractivity contribution in [3.63, 3.8) is 0 Å². The largest absolute Gasteiger partial charge is 0.416 e. The number of amides is 1. The number of halogens is 3. The number of aliphatic imine (C=N–C) groups is 2. The molecule has 0 bridgehead atoms. The van der Waals surface area contributed by atoms with Crippen LogP contribution >= 0.6 is 0 Å². The number of nitrogens with zero attached hydrogens (tertiary/aromatic N) is 5. The molecule has 0 radical (unpaired) electrons. The first-order valence-electron chi connectivity index (χ1n) is 9.85. The highest BCUT2D eigenvalue weighted by Crippen LogP contribution is 2.36. The summed E-state index contributed by atoms with van der Waals surface area (Å²) in [6.45, 7) is 3.52. The number of anilines is 2. The molecule has 0 atom stereocenters. The van der Waals surface area contributed by atoms with E-state index in [1.165, 1.54) is 12.4 Å². The molecule has 7 nitrogen and oxygen atoms in total. The second-order valence-corrected chi connectivity index (χ2v) is 7.30. The molecule has 3 heterocycles. The zero-order valence-corrected chi connectivity index (χ0v) is 16.6. The standard InChI is InChI=1S/C21H21F3N6O/c22-21(23,24)15-4-5-19(17(11-15)28-20(31)18-12-25-14-27-18)30-9-7-29(8-10-30)13-16-3-1-2-6-26-16/h1-6,11,14H,7-10,12-13H2,(H,28,31). The minimum atomic E-state index is -4.51. The Morgan fingerprint density at radius 3 is 2.55 bits per heavy atom. The van der Waals surface area contributed by atoms with Crippen molar-refractivity contribution >= 4 is 29.3 Å². The van der Waals surface area contributed by atoms with Gasteiger partial charge in [-0.25, -0.2) is 4.99 Å². The predicted molar refractivity (Wildman–Crippen MR) is 113 cm³/mol. The van der Waals surface area contributed by atoms with E-state index in [2.05, 4.69) is 25.2 Å². The lowest BCUT2D eigenvalue weighted by atomic mass is 10.1. The molecule has 4 rings (SSSR count). The molecular formula is C21H21F3N6O. The van der Waals surface area contributed by atoms with Crippen LogP contribution in [0.4, 0.5) is 24.5 Å². The fourth-order valence-corrected chi connectivity index (χ4v) is 3.56. The molecule has 2 aromatic rings. The van der Waals surface area contributed by atoms with Gasteiger partial charge in [-0.1, -0.05) is 6.07 Å². The number of carbonyl (C=O) groups is 1. The van der Waals surface area contributed by atoms with Gasteiger partial charge in [0.2, 0.25) is 0 Å². The lowest BCUT2D eigenvalue weighted by molar-refractivity contribution is -0.137. The highest BCUT2D eigenvalue weighted by molar-refractivity contribution is 6.45. The molecular weight excluding hydrogens is 409 g/mol. The number of rotatable bonds is 5. The third-order valence-electron chi connectivity index (χ3n) is 5.20. The molecule has 1 amide bonds. The lowest BCUT2D eigenvalue weighted by Crippen LogP contribution is -2.46. The Kier molecular flexibility index (Phi) is 5.99. The first-order valence-corrected chi connectivity index (χ1v) is 9.85. The average molecular weight is 430 g/mol. The maximum absolute atomic E-state index is 13.3. The van der Waals surface area contributed by atoms with Gasteiger partial charge in [-0.3, -0.25) is 19.7 Å². The molecule has 1 aromatic heterocycles. The summed E-state index contributed by atoms with van der Waals surface area (Å²) in [6.07, 6.45) is -1.49. The number of carbonyl (C=O) groups excluding carboxylic acids is 1. The van der Waals surface area contributed by atoms with Gasteiger partial charge in [-0.05, 0) is 30.3 Å². The fraction of sp³-hybridized carbons (Fsp3) is 0.333. The molecule has 0 aliphatic carbocycles. The Bertz CT molecular complexity index is 998. The van der Waals surface area contributed by atoms with Gasteiger partial charge in [-0.15, -0.1) is 0 Å². The summed E-state index contributed by atoms with van der Waals surface area (Å²) < 4.78 is 39.8. The van der Waals surface area contributed by atoms with Crippen molar-refractivity contribution in [2.24, 2.45) is 9.98 Å². The number of piperazine rings is 1. The maximum Gasteiger partial charge on any atom is 0.416 e. The zero-order valence-electron chi connectivity index (χ0n) is 16.6. The van der Waals surface area contributed by atoms with Gasteiger partial charge in [0.05, 0.1) is 29.2 Å². The summed E-state index contributed by atoms with van der Waals surface area (Å²) in [7, 11) is 0. The Labute approximate surface area is 177 Å². The van der Waals surface area contributed by atoms with E-state index in [4.69, 9.17) is 0 Å². The number of pyridine rings is 1. The molecule has 162 valence electrons. The van der Waals surface area contributed by atoms with Gasteiger partial charge < -0.3 is 10.2 Å². The highest BCUT2D eigenvalue weighted by atomic mass is 19.4. The average Bonchev–Trinajstić information content (AvgIpc) is 3.30. The summed E-state index contributed by atoms with van der Waals surface area (Å²) in [5, 5.41) is 2.60. The van der Waals surface area contributed by atoms with Gasteiger partial charge in [0.25, 0.3) is 5.91 Å². The van der Waals surface area contributed by atoms with E-state index in [1.54, 1.807) is 6.20 Å². The Balaban J connectivity index is 1.49. The van der Waals surface area contributed by atoms with Crippen molar-refractivity contribution in [2.75, 3.05) is 42.9 Å². The van der Waals surface area contributed by atoms with E-state index >= 15 is 0 Å². The minimum absolute atomic E-state index is 0.117. The minimum Gasteiger partial charge on any atom is -0.367 e. The van der Waals surface area contributed by atoms with Crippen molar-refractivity contribution in [3.05, 3.63) is 53.9 Å². The summed E-state index contributed by atoms with van der Waals surface area (Å²) in [6, 6.07) is 9.21. The van der Waals surface area contributed by atoms with E-state index < -0.39 is 17.6 Å². The van der Waals surface area contributed by atoms with Crippen LogP contribution in [-0.4, -0.2) is 60.6 Å². The van der Waals surface area contributed by atoms with Crippen molar-refractivity contribution in [2.45, 2.75) is 12.7 Å². The van der Waals surface area contributed by atoms with Gasteiger partial charge >= 0.3 is 6.18 Å². The first-order chi connectivity index (χ1) is 14.9. The maximum atomic E-state index is 13.3. The quantitative estimate of drug-likeness (QED) is 0.792. The number of nitrogens with one attached hydrogen (secondary N) is 1. The van der Waals surface area contributed by atoms with E-state index in [-0.39, 0.29) is 17.9 Å². The SMILES string of the molecule is O=C(Nc1cc(C(F)(F)F)ccc1N1CCN(Cc2ccccn2)CC1)C1=NC=NC1. The van der Waals surface area contributed by atoms with Gasteiger partial charge in [0.15, 0.2) is 0 Å². The molecule has 0 unspecified atom stereocenters. The van der Waals surface area contributed by atoms with E-state index in [0.29, 0.717) is 25.3 Å². The normalized spacial score (nSPS) is 17.0. The molecule has 0 saturated carbocycles. The van der Waals surface area contributed by atoms with Crippen LogP contribution in [-0.2, 0) is 17.5 Å². The second-order valence-electron chi connectivity index (χ2n) is 7.30. The number of hydrogen-bond donors (Lipinski definition) is 1. The van der Waals surface area contributed by atoms with Crippen molar-refractivity contribution in [3.8, 4) is 0 Å². The molecule has 1 fully saturated rings. The predicted octanol–water partition coefficient (Wildman–Crippen LogP) is 2.84. The van der Waals surface area contributed by atoms with Crippen LogP contribution in [0.2, 0.25) is 0 Å². The highest BCUT2D eigenvalue weighted by Gasteiger charge is 2.32. The van der Waals surface area contributed by atoms with E-state index in [1.807, 2.05) is 23.1 Å². The molecule has 2 aliphatic rings. The first kappa shape index (κ1) is 21.0. The Morgan fingerprint density at radius 2 is 1.90 bits per heavy atom. The van der Waals surface area contributed by atoms with Crippen molar-refractivity contribution < 1.29 is 18.0 Å². The Hall–Kier alpha value is -3.27. The Morgan fingerprint density at radius 1 is 1.10 bits per heavy atom. The third kappa shape index (κ3) is 5.08. The van der Waals surface area contributed by atoms with Crippen molar-refractivity contribution in [1.82, 2.24) is 9.88 Å². The zero-order chi connectivity index (χ0) is 21.8. The van der Waals surface area contributed by atoms with E-state index in [0.717, 1.165) is 30.9 Å². The topological polar surface area (TPSA) is 73.2 Å². The molecule has 0 spiro atoms. The van der Waals surface area contributed by atoms with E-state index in [9.17, 15) is 18.0 Å². The van der Waals surface area contributed by atoms with Crippen LogP contribution in [0.3, 0.4) is 0 Å². The van der Waals surface area contributed by atoms with Crippen LogP contribution < -0.4 is 10.2 Å². The summed E-state index contributed by atoms with van der Waals surface area (Å²) in [4.78, 5) is 28.7. The molecule has 1 N–H and O–H groups in total. The molecule has 31 heavy (non-hydrogen) atoms. The monoisotopic (exact) mass is 430 g/mol. The number of benzene rings is 1. The third-order valence-corrected chi connectivity index (χ3v) is 5.20. The van der Waals surface area contributed by atoms with Crippen LogP contribution in [0, 0.1) is 0 Å². The number of aromatic nitrogens is 1. The molecule has 1 aromatic carbocycles. The molecule has 2 aliphatic heterocycles.